The highest BCUT2D eigenvalue weighted by molar-refractivity contribution is 7.85. The summed E-state index contributed by atoms with van der Waals surface area (Å²) in [5, 5.41) is -0.108. The Morgan fingerprint density at radius 1 is 1.00 bits per heavy atom. The van der Waals surface area contributed by atoms with Gasteiger partial charge in [0.2, 0.25) is 0 Å². The molecule has 1 heterocycles. The second-order valence-electron chi connectivity index (χ2n) is 3.63. The summed E-state index contributed by atoms with van der Waals surface area (Å²) in [6.07, 6.45) is 1.62. The number of nitrogens with zero attached hydrogens (tertiary/aromatic N) is 1. The van der Waals surface area contributed by atoms with Crippen LogP contribution in [0.25, 0.3) is 0 Å². The van der Waals surface area contributed by atoms with E-state index in [1.54, 1.807) is 18.3 Å². The van der Waals surface area contributed by atoms with Crippen LogP contribution in [-0.4, -0.2) is 13.0 Å². The average molecular weight is 250 g/mol. The molecule has 0 fully saturated rings. The average Bonchev–Trinajstić information content (AvgIpc) is 2.30. The van der Waals surface area contributed by atoms with Crippen LogP contribution in [0, 0.1) is 0 Å². The minimum atomic E-state index is -4.19. The van der Waals surface area contributed by atoms with Crippen LogP contribution in [0.3, 0.4) is 0 Å². The number of hydrogen-bond acceptors (Lipinski definition) is 2. The lowest BCUT2D eigenvalue weighted by atomic mass is 10.2. The zero-order valence-electron chi connectivity index (χ0n) is 9.02. The van der Waals surface area contributed by atoms with E-state index in [-0.39, 0.29) is 5.03 Å². The van der Waals surface area contributed by atoms with Gasteiger partial charge in [-0.15, -0.1) is 0 Å². The van der Waals surface area contributed by atoms with Crippen LogP contribution in [0.1, 0.15) is 5.56 Å². The van der Waals surface area contributed by atoms with Crippen molar-refractivity contribution in [3.8, 4) is 0 Å². The molecule has 5 heteroatoms. The summed E-state index contributed by atoms with van der Waals surface area (Å²) in [7, 11) is -4.19. The van der Waals surface area contributed by atoms with Crippen molar-refractivity contribution < 1.29 is 17.5 Å². The molecule has 17 heavy (non-hydrogen) atoms. The molecule has 0 radical (unpaired) electrons. The Morgan fingerprint density at radius 2 is 1.65 bits per heavy atom. The first-order valence-corrected chi connectivity index (χ1v) is 6.51. The standard InChI is InChI=1S/C12H11NO3S/c14-17(15,16)12-8-4-5-9-13(12)10-11-6-2-1-3-7-11/h1-9H,10H2/p+1. The maximum atomic E-state index is 11.2. The van der Waals surface area contributed by atoms with Crippen molar-refractivity contribution >= 4 is 10.1 Å². The molecule has 0 atom stereocenters. The first-order valence-electron chi connectivity index (χ1n) is 5.07. The van der Waals surface area contributed by atoms with Gasteiger partial charge in [-0.05, 0) is 6.07 Å². The Kier molecular flexibility index (Phi) is 3.21. The normalized spacial score (nSPS) is 11.4. The summed E-state index contributed by atoms with van der Waals surface area (Å²) in [5.74, 6) is 0. The second kappa shape index (κ2) is 4.65. The van der Waals surface area contributed by atoms with Gasteiger partial charge in [0, 0.05) is 17.7 Å². The van der Waals surface area contributed by atoms with E-state index >= 15 is 0 Å². The molecule has 1 aromatic heterocycles. The van der Waals surface area contributed by atoms with E-state index in [0.29, 0.717) is 6.54 Å². The van der Waals surface area contributed by atoms with E-state index in [9.17, 15) is 8.42 Å². The molecule has 1 aromatic carbocycles. The van der Waals surface area contributed by atoms with Crippen LogP contribution in [0.4, 0.5) is 0 Å². The number of rotatable bonds is 3. The van der Waals surface area contributed by atoms with Gasteiger partial charge in [0.15, 0.2) is 12.7 Å². The summed E-state index contributed by atoms with van der Waals surface area (Å²) in [6.45, 7) is 0.400. The number of aromatic nitrogens is 1. The number of hydrogen-bond donors (Lipinski definition) is 1. The smallest absolute Gasteiger partial charge is 0.277 e. The van der Waals surface area contributed by atoms with Gasteiger partial charge in [0.25, 0.3) is 0 Å². The van der Waals surface area contributed by atoms with Crippen molar-refractivity contribution in [1.82, 2.24) is 0 Å². The van der Waals surface area contributed by atoms with Gasteiger partial charge in [0.05, 0.1) is 0 Å². The number of pyridine rings is 1. The molecule has 0 saturated heterocycles. The summed E-state index contributed by atoms with van der Waals surface area (Å²) >= 11 is 0. The fraction of sp³-hybridized carbons (Fsp3) is 0.0833. The summed E-state index contributed by atoms with van der Waals surface area (Å²) < 4.78 is 32.9. The largest absolute Gasteiger partial charge is 0.355 e. The SMILES string of the molecule is O=S(=O)(O)c1cccc[n+]1Cc1ccccc1. The minimum Gasteiger partial charge on any atom is -0.277 e. The molecule has 0 aliphatic rings. The quantitative estimate of drug-likeness (QED) is 0.659. The van der Waals surface area contributed by atoms with Crippen molar-refractivity contribution in [2.45, 2.75) is 11.6 Å². The van der Waals surface area contributed by atoms with E-state index < -0.39 is 10.1 Å². The Balaban J connectivity index is 2.41. The van der Waals surface area contributed by atoms with Gasteiger partial charge in [-0.25, -0.2) is 0 Å². The summed E-state index contributed by atoms with van der Waals surface area (Å²) in [5.41, 5.74) is 0.966. The molecule has 2 aromatic rings. The van der Waals surface area contributed by atoms with E-state index in [4.69, 9.17) is 4.55 Å². The van der Waals surface area contributed by atoms with Gasteiger partial charge in [0.1, 0.15) is 0 Å². The highest BCUT2D eigenvalue weighted by atomic mass is 32.2. The molecule has 0 aliphatic heterocycles. The fourth-order valence-electron chi connectivity index (χ4n) is 1.61. The molecular formula is C12H12NO3S+. The van der Waals surface area contributed by atoms with Gasteiger partial charge < -0.3 is 0 Å². The third-order valence-electron chi connectivity index (χ3n) is 2.36. The van der Waals surface area contributed by atoms with E-state index in [1.165, 1.54) is 10.6 Å². The van der Waals surface area contributed by atoms with Gasteiger partial charge in [-0.2, -0.15) is 13.0 Å². The Labute approximate surface area is 99.9 Å². The van der Waals surface area contributed by atoms with Crippen LogP contribution in [0.5, 0.6) is 0 Å². The maximum Gasteiger partial charge on any atom is 0.355 e. The molecule has 4 nitrogen and oxygen atoms in total. The molecular weight excluding hydrogens is 238 g/mol. The lowest BCUT2D eigenvalue weighted by molar-refractivity contribution is -0.726. The van der Waals surface area contributed by atoms with Crippen LogP contribution in [0.15, 0.2) is 59.8 Å². The lowest BCUT2D eigenvalue weighted by Crippen LogP contribution is -2.39. The third kappa shape index (κ3) is 2.89. The van der Waals surface area contributed by atoms with Crippen LogP contribution >= 0.6 is 0 Å². The molecule has 88 valence electrons. The Bertz CT molecular complexity index is 609. The Morgan fingerprint density at radius 3 is 2.29 bits per heavy atom. The summed E-state index contributed by atoms with van der Waals surface area (Å²) in [4.78, 5) is 0. The van der Waals surface area contributed by atoms with Crippen molar-refractivity contribution in [2.75, 3.05) is 0 Å². The predicted molar refractivity (Wildman–Crippen MR) is 62.0 cm³/mol. The van der Waals surface area contributed by atoms with Gasteiger partial charge in [-0.3, -0.25) is 4.55 Å². The van der Waals surface area contributed by atoms with E-state index in [0.717, 1.165) is 5.56 Å². The molecule has 0 bridgehead atoms. The maximum absolute atomic E-state index is 11.2. The van der Waals surface area contributed by atoms with Gasteiger partial charge >= 0.3 is 15.1 Å². The third-order valence-corrected chi connectivity index (χ3v) is 3.26. The summed E-state index contributed by atoms with van der Waals surface area (Å²) in [6, 6.07) is 14.1. The first kappa shape index (κ1) is 11.8. The minimum absolute atomic E-state index is 0.108. The van der Waals surface area contributed by atoms with Crippen molar-refractivity contribution in [3.63, 3.8) is 0 Å². The molecule has 0 unspecified atom stereocenters. The van der Waals surface area contributed by atoms with E-state index in [1.807, 2.05) is 30.3 Å². The zero-order chi connectivity index (χ0) is 12.3. The fourth-order valence-corrected chi connectivity index (χ4v) is 2.28. The predicted octanol–water partition coefficient (Wildman–Crippen LogP) is 1.27. The van der Waals surface area contributed by atoms with Crippen LogP contribution in [0.2, 0.25) is 0 Å². The first-order chi connectivity index (χ1) is 8.07. The molecule has 2 rings (SSSR count). The van der Waals surface area contributed by atoms with E-state index in [2.05, 4.69) is 0 Å². The van der Waals surface area contributed by atoms with Crippen molar-refractivity contribution in [2.24, 2.45) is 0 Å². The molecule has 1 N–H and O–H groups in total. The topological polar surface area (TPSA) is 58.3 Å². The molecule has 0 saturated carbocycles. The number of benzene rings is 1. The Hall–Kier alpha value is -1.72. The molecule has 0 aliphatic carbocycles. The molecule has 0 amide bonds. The van der Waals surface area contributed by atoms with Gasteiger partial charge in [-0.1, -0.05) is 30.3 Å². The van der Waals surface area contributed by atoms with Crippen molar-refractivity contribution in [1.29, 1.82) is 0 Å². The van der Waals surface area contributed by atoms with Crippen molar-refractivity contribution in [3.05, 3.63) is 60.3 Å². The highest BCUT2D eigenvalue weighted by Gasteiger charge is 2.22. The zero-order valence-corrected chi connectivity index (χ0v) is 9.84. The van der Waals surface area contributed by atoms with Crippen LogP contribution < -0.4 is 4.57 Å². The molecule has 0 spiro atoms. The lowest BCUT2D eigenvalue weighted by Gasteiger charge is -2.01. The second-order valence-corrected chi connectivity index (χ2v) is 5.00. The van der Waals surface area contributed by atoms with Crippen LogP contribution in [-0.2, 0) is 16.7 Å². The monoisotopic (exact) mass is 250 g/mol. The highest BCUT2D eigenvalue weighted by Crippen LogP contribution is 2.03.